The quantitative estimate of drug-likeness (QED) is 0.626. The number of rotatable bonds is 6. The van der Waals surface area contributed by atoms with Crippen LogP contribution < -0.4 is 5.32 Å². The summed E-state index contributed by atoms with van der Waals surface area (Å²) in [7, 11) is -3.26. The fourth-order valence-electron chi connectivity index (χ4n) is 2.13. The van der Waals surface area contributed by atoms with E-state index >= 15 is 0 Å². The molecule has 0 spiro atoms. The second-order valence-electron chi connectivity index (χ2n) is 5.29. The third-order valence-electron chi connectivity index (χ3n) is 3.48. The van der Waals surface area contributed by atoms with Crippen LogP contribution in [-0.4, -0.2) is 30.3 Å². The van der Waals surface area contributed by atoms with E-state index in [0.29, 0.717) is 16.0 Å². The third-order valence-corrected chi connectivity index (χ3v) is 5.66. The summed E-state index contributed by atoms with van der Waals surface area (Å²) in [5, 5.41) is 10.0. The number of hydrogen-bond donors (Lipinski definition) is 1. The minimum Gasteiger partial charge on any atom is -0.444 e. The van der Waals surface area contributed by atoms with Crippen LogP contribution in [0.3, 0.4) is 0 Å². The molecule has 0 aliphatic carbocycles. The van der Waals surface area contributed by atoms with E-state index in [-0.39, 0.29) is 34.9 Å². The highest BCUT2D eigenvalue weighted by molar-refractivity contribution is 9.10. The van der Waals surface area contributed by atoms with Crippen molar-refractivity contribution in [3.05, 3.63) is 46.6 Å². The number of furan rings is 1. The molecule has 0 aliphatic rings. The molecule has 1 N–H and O–H groups in total. The van der Waals surface area contributed by atoms with Gasteiger partial charge in [0.05, 0.1) is 17.1 Å². The highest BCUT2D eigenvalue weighted by Crippen LogP contribution is 2.24. The monoisotopic (exact) mass is 439 g/mol. The molecule has 0 aliphatic heterocycles. The van der Waals surface area contributed by atoms with E-state index in [1.54, 1.807) is 31.2 Å². The molecule has 2 heterocycles. The van der Waals surface area contributed by atoms with Crippen LogP contribution in [0.5, 0.6) is 0 Å². The summed E-state index contributed by atoms with van der Waals surface area (Å²) in [4.78, 5) is 12.3. The first-order valence-electron chi connectivity index (χ1n) is 7.58. The molecule has 1 aromatic carbocycles. The average Bonchev–Trinajstić information content (AvgIpc) is 3.24. The molecule has 10 heteroatoms. The minimum atomic E-state index is -3.26. The van der Waals surface area contributed by atoms with Crippen molar-refractivity contribution in [2.75, 3.05) is 11.1 Å². The van der Waals surface area contributed by atoms with Gasteiger partial charge in [-0.25, -0.2) is 8.42 Å². The van der Waals surface area contributed by atoms with Gasteiger partial charge in [-0.3, -0.25) is 10.1 Å². The van der Waals surface area contributed by atoms with Crippen molar-refractivity contribution < 1.29 is 22.0 Å². The molecule has 3 rings (SSSR count). The number of nitrogens with zero attached hydrogens (tertiary/aromatic N) is 2. The maximum atomic E-state index is 12.1. The molecule has 2 aromatic heterocycles. The number of sulfone groups is 1. The normalized spacial score (nSPS) is 11.5. The highest BCUT2D eigenvalue weighted by Gasteiger charge is 2.15. The average molecular weight is 440 g/mol. The van der Waals surface area contributed by atoms with Gasteiger partial charge in [-0.05, 0) is 45.8 Å². The maximum absolute atomic E-state index is 12.1. The van der Waals surface area contributed by atoms with E-state index in [9.17, 15) is 13.2 Å². The van der Waals surface area contributed by atoms with Crippen molar-refractivity contribution in [1.29, 1.82) is 0 Å². The van der Waals surface area contributed by atoms with Crippen molar-refractivity contribution >= 4 is 37.7 Å². The number of hydrogen-bond acceptors (Lipinski definition) is 7. The van der Waals surface area contributed by atoms with Crippen molar-refractivity contribution in [3.63, 3.8) is 0 Å². The summed E-state index contributed by atoms with van der Waals surface area (Å²) < 4.78 is 34.7. The second kappa shape index (κ2) is 7.42. The number of carbonyl (C=O) groups excluding carboxylic acids is 1. The summed E-state index contributed by atoms with van der Waals surface area (Å²) in [6.07, 6.45) is 0.0382. The molecular weight excluding hydrogens is 426 g/mol. The first kappa shape index (κ1) is 18.3. The molecular formula is C16H14BrN3O5S. The van der Waals surface area contributed by atoms with E-state index in [1.165, 1.54) is 12.1 Å². The Labute approximate surface area is 157 Å². The number of carbonyl (C=O) groups is 1. The lowest BCUT2D eigenvalue weighted by molar-refractivity contribution is -0.115. The largest absolute Gasteiger partial charge is 0.444 e. The first-order valence-corrected chi connectivity index (χ1v) is 10.0. The predicted molar refractivity (Wildman–Crippen MR) is 96.2 cm³/mol. The minimum absolute atomic E-state index is 0.0264. The Kier molecular flexibility index (Phi) is 5.23. The molecule has 0 saturated carbocycles. The number of aromatic nitrogens is 2. The van der Waals surface area contributed by atoms with Gasteiger partial charge in [-0.2, -0.15) is 0 Å². The SMILES string of the molecule is CCS(=O)(=O)c1ccc(CC(=O)Nc2nnc(-c3ccc(Br)o3)o2)cc1. The summed E-state index contributed by atoms with van der Waals surface area (Å²) in [5.41, 5.74) is 0.659. The molecule has 0 saturated heterocycles. The van der Waals surface area contributed by atoms with Gasteiger partial charge in [0.2, 0.25) is 5.91 Å². The summed E-state index contributed by atoms with van der Waals surface area (Å²) in [6.45, 7) is 1.58. The molecule has 3 aromatic rings. The van der Waals surface area contributed by atoms with Crippen LogP contribution in [-0.2, 0) is 21.1 Å². The van der Waals surface area contributed by atoms with Crippen molar-refractivity contribution in [3.8, 4) is 11.7 Å². The Morgan fingerprint density at radius 2 is 1.85 bits per heavy atom. The van der Waals surface area contributed by atoms with E-state index in [0.717, 1.165) is 0 Å². The Bertz CT molecular complexity index is 1020. The number of benzene rings is 1. The Balaban J connectivity index is 1.63. The van der Waals surface area contributed by atoms with Gasteiger partial charge < -0.3 is 8.83 Å². The number of amides is 1. The molecule has 0 atom stereocenters. The summed E-state index contributed by atoms with van der Waals surface area (Å²) in [6, 6.07) is 9.45. The smallest absolute Gasteiger partial charge is 0.322 e. The zero-order valence-corrected chi connectivity index (χ0v) is 16.0. The molecule has 26 heavy (non-hydrogen) atoms. The van der Waals surface area contributed by atoms with E-state index < -0.39 is 9.84 Å². The lowest BCUT2D eigenvalue weighted by Gasteiger charge is -2.04. The van der Waals surface area contributed by atoms with E-state index in [2.05, 4.69) is 31.4 Å². The highest BCUT2D eigenvalue weighted by atomic mass is 79.9. The molecule has 0 radical (unpaired) electrons. The third kappa shape index (κ3) is 4.20. The van der Waals surface area contributed by atoms with Gasteiger partial charge in [-0.1, -0.05) is 24.2 Å². The predicted octanol–water partition coefficient (Wildman–Crippen LogP) is 3.07. The fourth-order valence-corrected chi connectivity index (χ4v) is 3.32. The zero-order chi connectivity index (χ0) is 18.7. The van der Waals surface area contributed by atoms with Crippen molar-refractivity contribution in [1.82, 2.24) is 10.2 Å². The van der Waals surface area contributed by atoms with Gasteiger partial charge in [0.25, 0.3) is 5.89 Å². The lowest BCUT2D eigenvalue weighted by atomic mass is 10.1. The van der Waals surface area contributed by atoms with E-state index in [4.69, 9.17) is 8.83 Å². The van der Waals surface area contributed by atoms with Gasteiger partial charge in [0.1, 0.15) is 0 Å². The van der Waals surface area contributed by atoms with Crippen LogP contribution in [0.25, 0.3) is 11.7 Å². The van der Waals surface area contributed by atoms with Crippen LogP contribution >= 0.6 is 15.9 Å². The zero-order valence-electron chi connectivity index (χ0n) is 13.6. The fraction of sp³-hybridized carbons (Fsp3) is 0.188. The Morgan fingerprint density at radius 3 is 2.46 bits per heavy atom. The Hall–Kier alpha value is -2.46. The molecule has 136 valence electrons. The standard InChI is InChI=1S/C16H14BrN3O5S/c1-2-26(22,23)11-5-3-10(4-6-11)9-14(21)18-16-20-19-15(25-16)12-7-8-13(17)24-12/h3-8H,2,9H2,1H3,(H,18,20,21). The van der Waals surface area contributed by atoms with Gasteiger partial charge in [-0.15, -0.1) is 5.10 Å². The number of anilines is 1. The molecule has 0 fully saturated rings. The lowest BCUT2D eigenvalue weighted by Crippen LogP contribution is -2.14. The van der Waals surface area contributed by atoms with Crippen molar-refractivity contribution in [2.45, 2.75) is 18.2 Å². The first-order chi connectivity index (χ1) is 12.4. The maximum Gasteiger partial charge on any atom is 0.322 e. The summed E-state index contributed by atoms with van der Waals surface area (Å²) >= 11 is 3.17. The molecule has 1 amide bonds. The van der Waals surface area contributed by atoms with Gasteiger partial charge in [0, 0.05) is 0 Å². The molecule has 0 bridgehead atoms. The van der Waals surface area contributed by atoms with Crippen LogP contribution in [0.2, 0.25) is 0 Å². The van der Waals surface area contributed by atoms with Crippen molar-refractivity contribution in [2.24, 2.45) is 0 Å². The number of nitrogens with one attached hydrogen (secondary N) is 1. The summed E-state index contributed by atoms with van der Waals surface area (Å²) in [5.74, 6) is 0.170. The van der Waals surface area contributed by atoms with Gasteiger partial charge in [0.15, 0.2) is 20.3 Å². The molecule has 8 nitrogen and oxygen atoms in total. The van der Waals surface area contributed by atoms with Crippen LogP contribution in [0.4, 0.5) is 6.01 Å². The van der Waals surface area contributed by atoms with Crippen LogP contribution in [0.15, 0.2) is 54.8 Å². The van der Waals surface area contributed by atoms with Gasteiger partial charge >= 0.3 is 6.01 Å². The van der Waals surface area contributed by atoms with Crippen LogP contribution in [0, 0.1) is 0 Å². The second-order valence-corrected chi connectivity index (χ2v) is 8.35. The van der Waals surface area contributed by atoms with Crippen LogP contribution in [0.1, 0.15) is 12.5 Å². The molecule has 0 unspecified atom stereocenters. The number of halogens is 1. The topological polar surface area (TPSA) is 115 Å². The Morgan fingerprint density at radius 1 is 1.12 bits per heavy atom. The van der Waals surface area contributed by atoms with E-state index in [1.807, 2.05) is 0 Å².